The zero-order valence-corrected chi connectivity index (χ0v) is 6.90. The van der Waals surface area contributed by atoms with E-state index in [4.69, 9.17) is 0 Å². The molecule has 1 rings (SSSR count). The maximum absolute atomic E-state index is 9.18. The van der Waals surface area contributed by atoms with Gasteiger partial charge in [0, 0.05) is 5.92 Å². The fourth-order valence-electron chi connectivity index (χ4n) is 0.893. The lowest BCUT2D eigenvalue weighted by Crippen LogP contribution is -1.99. The van der Waals surface area contributed by atoms with Crippen LogP contribution in [0, 0.1) is 0 Å². The number of aliphatic hydroxyl groups is 1. The quantitative estimate of drug-likeness (QED) is 0.700. The van der Waals surface area contributed by atoms with Gasteiger partial charge in [-0.1, -0.05) is 24.2 Å². The van der Waals surface area contributed by atoms with Crippen molar-refractivity contribution >= 4 is 0 Å². The van der Waals surface area contributed by atoms with Crippen LogP contribution in [0.1, 0.15) is 44.2 Å². The van der Waals surface area contributed by atoms with Gasteiger partial charge in [0.2, 0.25) is 0 Å². The summed E-state index contributed by atoms with van der Waals surface area (Å²) < 4.78 is 4.51. The van der Waals surface area contributed by atoms with Gasteiger partial charge in [-0.05, 0) is 6.92 Å². The molecular formula is C7H12N2O2. The number of hydrogen-bond donors (Lipinski definition) is 1. The van der Waals surface area contributed by atoms with Gasteiger partial charge in [-0.3, -0.25) is 0 Å². The molecule has 0 aliphatic rings. The van der Waals surface area contributed by atoms with Crippen molar-refractivity contribution in [3.8, 4) is 0 Å². The predicted molar refractivity (Wildman–Crippen MR) is 39.0 cm³/mol. The molecule has 0 amide bonds. The van der Waals surface area contributed by atoms with E-state index < -0.39 is 6.10 Å². The average molecular weight is 156 g/mol. The Morgan fingerprint density at radius 2 is 1.73 bits per heavy atom. The molecule has 4 heteroatoms. The second-order valence-corrected chi connectivity index (χ2v) is 2.87. The van der Waals surface area contributed by atoms with Crippen LogP contribution in [0.3, 0.4) is 0 Å². The van der Waals surface area contributed by atoms with Crippen LogP contribution in [-0.2, 0) is 0 Å². The highest BCUT2D eigenvalue weighted by Crippen LogP contribution is 2.20. The summed E-state index contributed by atoms with van der Waals surface area (Å²) in [5.41, 5.74) is 1.28. The van der Waals surface area contributed by atoms with E-state index in [2.05, 4.69) is 14.9 Å². The lowest BCUT2D eigenvalue weighted by atomic mass is 10.1. The van der Waals surface area contributed by atoms with E-state index in [1.54, 1.807) is 6.92 Å². The van der Waals surface area contributed by atoms with Crippen LogP contribution in [0.25, 0.3) is 0 Å². The second-order valence-electron chi connectivity index (χ2n) is 2.87. The van der Waals surface area contributed by atoms with E-state index in [9.17, 15) is 5.11 Å². The first-order valence-electron chi connectivity index (χ1n) is 3.63. The van der Waals surface area contributed by atoms with Gasteiger partial charge in [0.05, 0.1) is 6.10 Å². The Morgan fingerprint density at radius 3 is 2.09 bits per heavy atom. The van der Waals surface area contributed by atoms with Gasteiger partial charge in [0.25, 0.3) is 0 Å². The molecule has 62 valence electrons. The van der Waals surface area contributed by atoms with Crippen molar-refractivity contribution in [3.05, 3.63) is 11.4 Å². The van der Waals surface area contributed by atoms with Gasteiger partial charge in [-0.15, -0.1) is 0 Å². The standard InChI is InChI=1S/C7H12N2O2/c1-4(2)6-7(5(3)10)9-11-8-6/h4-5,10H,1-3H3/t5-/m0/s1. The first-order chi connectivity index (χ1) is 5.13. The van der Waals surface area contributed by atoms with Gasteiger partial charge >= 0.3 is 0 Å². The SMILES string of the molecule is CC(C)c1nonc1[C@H](C)O. The highest BCUT2D eigenvalue weighted by molar-refractivity contribution is 5.13. The highest BCUT2D eigenvalue weighted by atomic mass is 16.6. The number of aromatic nitrogens is 2. The monoisotopic (exact) mass is 156 g/mol. The third-order valence-electron chi connectivity index (χ3n) is 1.48. The third-order valence-corrected chi connectivity index (χ3v) is 1.48. The summed E-state index contributed by atoms with van der Waals surface area (Å²) in [4.78, 5) is 0. The topological polar surface area (TPSA) is 59.2 Å². The molecule has 1 N–H and O–H groups in total. The predicted octanol–water partition coefficient (Wildman–Crippen LogP) is 1.25. The van der Waals surface area contributed by atoms with Crippen LogP contribution in [-0.4, -0.2) is 15.4 Å². The number of hydrogen-bond acceptors (Lipinski definition) is 4. The van der Waals surface area contributed by atoms with Crippen LogP contribution in [0.5, 0.6) is 0 Å². The molecule has 0 fully saturated rings. The van der Waals surface area contributed by atoms with Crippen molar-refractivity contribution < 1.29 is 9.74 Å². The van der Waals surface area contributed by atoms with E-state index in [1.165, 1.54) is 0 Å². The summed E-state index contributed by atoms with van der Waals surface area (Å²) in [7, 11) is 0. The fourth-order valence-corrected chi connectivity index (χ4v) is 0.893. The first kappa shape index (κ1) is 8.20. The Bertz CT molecular complexity index is 208. The molecule has 1 heterocycles. The van der Waals surface area contributed by atoms with Crippen molar-refractivity contribution in [3.63, 3.8) is 0 Å². The summed E-state index contributed by atoms with van der Waals surface area (Å²) in [6.07, 6.45) is -0.598. The van der Waals surface area contributed by atoms with E-state index in [0.29, 0.717) is 5.69 Å². The molecule has 4 nitrogen and oxygen atoms in total. The molecule has 0 aliphatic carbocycles. The molecule has 1 aromatic rings. The van der Waals surface area contributed by atoms with Gasteiger partial charge in [-0.25, -0.2) is 4.63 Å². The van der Waals surface area contributed by atoms with Crippen molar-refractivity contribution in [2.24, 2.45) is 0 Å². The van der Waals surface area contributed by atoms with Crippen LogP contribution in [0.15, 0.2) is 4.63 Å². The number of aliphatic hydroxyl groups excluding tert-OH is 1. The normalized spacial score (nSPS) is 13.9. The molecule has 0 aromatic carbocycles. The van der Waals surface area contributed by atoms with E-state index in [-0.39, 0.29) is 5.92 Å². The van der Waals surface area contributed by atoms with Gasteiger partial charge in [0.1, 0.15) is 11.4 Å². The largest absolute Gasteiger partial charge is 0.387 e. The Morgan fingerprint density at radius 1 is 1.18 bits per heavy atom. The zero-order chi connectivity index (χ0) is 8.43. The Kier molecular flexibility index (Phi) is 2.24. The minimum atomic E-state index is -0.598. The molecule has 0 bridgehead atoms. The average Bonchev–Trinajstić information content (AvgIpc) is 2.32. The molecule has 0 unspecified atom stereocenters. The third kappa shape index (κ3) is 1.57. The Labute approximate surface area is 65.2 Å². The summed E-state index contributed by atoms with van der Waals surface area (Å²) >= 11 is 0. The zero-order valence-electron chi connectivity index (χ0n) is 6.90. The van der Waals surface area contributed by atoms with E-state index in [1.807, 2.05) is 13.8 Å². The lowest BCUT2D eigenvalue weighted by molar-refractivity contribution is 0.184. The molecule has 0 spiro atoms. The minimum Gasteiger partial charge on any atom is -0.387 e. The van der Waals surface area contributed by atoms with E-state index >= 15 is 0 Å². The summed E-state index contributed by atoms with van der Waals surface area (Å²) in [6, 6.07) is 0. The van der Waals surface area contributed by atoms with Crippen LogP contribution >= 0.6 is 0 Å². The van der Waals surface area contributed by atoms with Crippen molar-refractivity contribution in [2.75, 3.05) is 0 Å². The molecule has 11 heavy (non-hydrogen) atoms. The smallest absolute Gasteiger partial charge is 0.136 e. The van der Waals surface area contributed by atoms with Gasteiger partial charge in [-0.2, -0.15) is 0 Å². The fraction of sp³-hybridized carbons (Fsp3) is 0.714. The summed E-state index contributed by atoms with van der Waals surface area (Å²) in [6.45, 7) is 5.60. The Balaban J connectivity index is 2.96. The van der Waals surface area contributed by atoms with Crippen molar-refractivity contribution in [2.45, 2.75) is 32.8 Å². The molecular weight excluding hydrogens is 144 g/mol. The van der Waals surface area contributed by atoms with Crippen LogP contribution < -0.4 is 0 Å². The second kappa shape index (κ2) is 3.00. The first-order valence-corrected chi connectivity index (χ1v) is 3.63. The lowest BCUT2D eigenvalue weighted by Gasteiger charge is -2.02. The molecule has 0 radical (unpaired) electrons. The van der Waals surface area contributed by atoms with Crippen molar-refractivity contribution in [1.29, 1.82) is 0 Å². The summed E-state index contributed by atoms with van der Waals surface area (Å²) in [5.74, 6) is 0.242. The maximum atomic E-state index is 9.18. The number of nitrogens with zero attached hydrogens (tertiary/aromatic N) is 2. The summed E-state index contributed by atoms with van der Waals surface area (Å²) in [5, 5.41) is 16.5. The Hall–Kier alpha value is -0.900. The van der Waals surface area contributed by atoms with Crippen LogP contribution in [0.2, 0.25) is 0 Å². The minimum absolute atomic E-state index is 0.242. The van der Waals surface area contributed by atoms with Gasteiger partial charge < -0.3 is 5.11 Å². The molecule has 0 aliphatic heterocycles. The van der Waals surface area contributed by atoms with Crippen molar-refractivity contribution in [1.82, 2.24) is 10.3 Å². The highest BCUT2D eigenvalue weighted by Gasteiger charge is 2.16. The van der Waals surface area contributed by atoms with Crippen LogP contribution in [0.4, 0.5) is 0 Å². The van der Waals surface area contributed by atoms with E-state index in [0.717, 1.165) is 5.69 Å². The molecule has 1 aromatic heterocycles. The number of rotatable bonds is 2. The maximum Gasteiger partial charge on any atom is 0.136 e. The molecule has 0 saturated heterocycles. The molecule has 1 atom stereocenters. The molecule has 0 saturated carbocycles. The van der Waals surface area contributed by atoms with Gasteiger partial charge in [0.15, 0.2) is 0 Å².